The third kappa shape index (κ3) is 4.88. The average molecular weight is 142 g/mol. The topological polar surface area (TPSA) is 77.4 Å². The number of carbonyl (C=O) groups excluding carboxylic acids is 2. The Hall–Kier alpha value is 0.736. The summed E-state index contributed by atoms with van der Waals surface area (Å²) in [4.78, 5) is 18.9. The van der Waals surface area contributed by atoms with Gasteiger partial charge in [-0.2, -0.15) is 0 Å². The van der Waals surface area contributed by atoms with Crippen LogP contribution in [0.3, 0.4) is 0 Å². The van der Waals surface area contributed by atoms with Gasteiger partial charge in [0, 0.05) is 0 Å². The van der Waals surface area contributed by atoms with E-state index in [9.17, 15) is 14.7 Å². The first-order chi connectivity index (χ1) is 3.18. The van der Waals surface area contributed by atoms with E-state index in [0.29, 0.717) is 0 Å². The van der Waals surface area contributed by atoms with Gasteiger partial charge in [0.05, 0.1) is 0 Å². The molecule has 0 amide bonds. The molecule has 0 atom stereocenters. The van der Waals surface area contributed by atoms with Crippen molar-refractivity contribution in [2.45, 2.75) is 0 Å². The number of ketones is 1. The van der Waals surface area contributed by atoms with Crippen LogP contribution < -0.4 is 56.5 Å². The quantitative estimate of drug-likeness (QED) is 0.308. The summed E-state index contributed by atoms with van der Waals surface area (Å²) >= 11 is 0. The van der Waals surface area contributed by atoms with E-state index in [0.717, 1.165) is 0 Å². The van der Waals surface area contributed by atoms with Gasteiger partial charge in [-0.15, -0.1) is 0 Å². The monoisotopic (exact) mass is 142 g/mol. The summed E-state index contributed by atoms with van der Waals surface area (Å²) in [5, 5.41) is 17.0. The van der Waals surface area contributed by atoms with E-state index in [2.05, 4.69) is 0 Å². The zero-order valence-electron chi connectivity index (χ0n) is 4.38. The summed E-state index contributed by atoms with van der Waals surface area (Å²) < 4.78 is 0. The van der Waals surface area contributed by atoms with Gasteiger partial charge in [0.25, 0.3) is 0 Å². The normalized spacial score (nSPS) is 7.12. The minimum atomic E-state index is -1.84. The number of aliphatic carboxylic acids is 1. The Bertz CT molecular complexity index is 99.5. The molecule has 5 heteroatoms. The van der Waals surface area contributed by atoms with E-state index in [-0.39, 0.29) is 51.4 Å². The molecule has 0 unspecified atom stereocenters. The fourth-order valence-electron chi connectivity index (χ4n) is 0.0645. The predicted octanol–water partition coefficient (Wildman–Crippen LogP) is -5.70. The van der Waals surface area contributed by atoms with Crippen LogP contribution in [0.1, 0.15) is 0 Å². The first kappa shape index (κ1) is 11.5. The van der Waals surface area contributed by atoms with Crippen LogP contribution in [0.25, 0.3) is 0 Å². The minimum absolute atomic E-state index is 0. The van der Waals surface area contributed by atoms with Crippen LogP contribution in [0.2, 0.25) is 0 Å². The molecule has 8 heavy (non-hydrogen) atoms. The van der Waals surface area contributed by atoms with Crippen LogP contribution in [-0.2, 0) is 9.59 Å². The van der Waals surface area contributed by atoms with E-state index < -0.39 is 18.4 Å². The summed E-state index contributed by atoms with van der Waals surface area (Å²) in [5.74, 6) is -3.14. The molecule has 0 aromatic carbocycles. The van der Waals surface area contributed by atoms with Gasteiger partial charge in [-0.05, 0) is 0 Å². The first-order valence-corrected chi connectivity index (χ1v) is 1.53. The molecule has 0 heterocycles. The molecule has 0 rings (SSSR count). The largest absolute Gasteiger partial charge is 1.00 e. The number of aliphatic hydroxyl groups is 1. The van der Waals surface area contributed by atoms with Crippen LogP contribution in [-0.4, -0.2) is 23.5 Å². The standard InChI is InChI=1S/C3H4O4.K/c4-1-2(5)3(6)7;/h4H,1H2,(H,6,7);/q;+1/p-1. The summed E-state index contributed by atoms with van der Waals surface area (Å²) in [6, 6.07) is 0. The van der Waals surface area contributed by atoms with Crippen molar-refractivity contribution in [1.29, 1.82) is 0 Å². The van der Waals surface area contributed by atoms with Crippen molar-refractivity contribution in [3.8, 4) is 0 Å². The molecule has 40 valence electrons. The molecule has 0 aliphatic rings. The Morgan fingerprint density at radius 3 is 1.88 bits per heavy atom. The van der Waals surface area contributed by atoms with Crippen molar-refractivity contribution in [1.82, 2.24) is 0 Å². The summed E-state index contributed by atoms with van der Waals surface area (Å²) in [5.41, 5.74) is 0. The molecule has 0 saturated carbocycles. The second kappa shape index (κ2) is 5.87. The number of carboxylic acids is 1. The molecule has 0 fully saturated rings. The van der Waals surface area contributed by atoms with Crippen molar-refractivity contribution in [3.63, 3.8) is 0 Å². The van der Waals surface area contributed by atoms with E-state index in [1.165, 1.54) is 0 Å². The van der Waals surface area contributed by atoms with Crippen LogP contribution >= 0.6 is 0 Å². The maximum Gasteiger partial charge on any atom is 1.00 e. The van der Waals surface area contributed by atoms with Gasteiger partial charge in [-0.1, -0.05) is 0 Å². The maximum absolute atomic E-state index is 9.60. The fraction of sp³-hybridized carbons (Fsp3) is 0.333. The molecule has 1 N–H and O–H groups in total. The average Bonchev–Trinajstić information content (AvgIpc) is 1.65. The Morgan fingerprint density at radius 2 is 1.88 bits per heavy atom. The fourth-order valence-corrected chi connectivity index (χ4v) is 0.0645. The predicted molar refractivity (Wildman–Crippen MR) is 17.1 cm³/mol. The summed E-state index contributed by atoms with van der Waals surface area (Å²) in [6.45, 7) is -0.984. The maximum atomic E-state index is 9.60. The zero-order chi connectivity index (χ0) is 5.86. The van der Waals surface area contributed by atoms with Crippen molar-refractivity contribution in [2.75, 3.05) is 6.61 Å². The molecule has 0 spiro atoms. The number of aliphatic hydroxyl groups excluding tert-OH is 1. The zero-order valence-corrected chi connectivity index (χ0v) is 7.50. The molecular formula is C3H3KO4. The number of hydrogen-bond donors (Lipinski definition) is 1. The van der Waals surface area contributed by atoms with Gasteiger partial charge in [-0.3, -0.25) is 4.79 Å². The van der Waals surface area contributed by atoms with Crippen molar-refractivity contribution >= 4 is 11.8 Å². The van der Waals surface area contributed by atoms with Gasteiger partial charge in [0.1, 0.15) is 12.6 Å². The third-order valence-electron chi connectivity index (χ3n) is 0.371. The molecule has 0 aromatic heterocycles. The molecule has 0 radical (unpaired) electrons. The van der Waals surface area contributed by atoms with Gasteiger partial charge < -0.3 is 15.0 Å². The Morgan fingerprint density at radius 1 is 1.50 bits per heavy atom. The Labute approximate surface area is 88.3 Å². The SMILES string of the molecule is O=C([O-])C(=O)CO.[K+]. The third-order valence-corrected chi connectivity index (χ3v) is 0.371. The van der Waals surface area contributed by atoms with Crippen LogP contribution in [0.15, 0.2) is 0 Å². The molecule has 0 saturated heterocycles. The smallest absolute Gasteiger partial charge is 0.542 e. The minimum Gasteiger partial charge on any atom is -0.542 e. The van der Waals surface area contributed by atoms with Gasteiger partial charge >= 0.3 is 51.4 Å². The van der Waals surface area contributed by atoms with Crippen molar-refractivity contribution in [2.24, 2.45) is 0 Å². The van der Waals surface area contributed by atoms with Crippen molar-refractivity contribution < 1.29 is 71.2 Å². The molecular weight excluding hydrogens is 139 g/mol. The molecule has 4 nitrogen and oxygen atoms in total. The number of rotatable bonds is 2. The number of hydrogen-bond acceptors (Lipinski definition) is 4. The Balaban J connectivity index is 0. The van der Waals surface area contributed by atoms with E-state index >= 15 is 0 Å². The molecule has 0 aliphatic carbocycles. The summed E-state index contributed by atoms with van der Waals surface area (Å²) in [7, 11) is 0. The van der Waals surface area contributed by atoms with Crippen LogP contribution in [0.4, 0.5) is 0 Å². The second-order valence-corrected chi connectivity index (χ2v) is 0.869. The van der Waals surface area contributed by atoms with Crippen LogP contribution in [0, 0.1) is 0 Å². The second-order valence-electron chi connectivity index (χ2n) is 0.869. The van der Waals surface area contributed by atoms with Gasteiger partial charge in [-0.25, -0.2) is 0 Å². The number of carbonyl (C=O) groups is 2. The van der Waals surface area contributed by atoms with Crippen LogP contribution in [0.5, 0.6) is 0 Å². The summed E-state index contributed by atoms with van der Waals surface area (Å²) in [6.07, 6.45) is 0. The number of carboxylic acid groups (broad SMARTS) is 1. The van der Waals surface area contributed by atoms with Gasteiger partial charge in [0.15, 0.2) is 0 Å². The van der Waals surface area contributed by atoms with Crippen molar-refractivity contribution in [3.05, 3.63) is 0 Å². The van der Waals surface area contributed by atoms with Gasteiger partial charge in [0.2, 0.25) is 5.78 Å². The molecule has 0 bridgehead atoms. The number of Topliss-reactive ketones (excluding diaryl/α,β-unsaturated/α-hetero) is 1. The molecule has 0 aliphatic heterocycles. The Kier molecular flexibility index (Phi) is 8.45. The molecule has 0 aromatic rings. The van der Waals surface area contributed by atoms with E-state index in [1.807, 2.05) is 0 Å². The first-order valence-electron chi connectivity index (χ1n) is 1.53. The van der Waals surface area contributed by atoms with E-state index in [1.54, 1.807) is 0 Å². The van der Waals surface area contributed by atoms with E-state index in [4.69, 9.17) is 5.11 Å².